The molecule has 1 rings (SSSR count). The first-order valence-electron chi connectivity index (χ1n) is 4.73. The normalized spacial score (nSPS) is 25.1. The third-order valence-corrected chi connectivity index (χ3v) is 2.46. The van der Waals surface area contributed by atoms with Gasteiger partial charge in [-0.05, 0) is 6.92 Å². The Morgan fingerprint density at radius 3 is 1.67 bits per heavy atom. The van der Waals surface area contributed by atoms with E-state index in [0.29, 0.717) is 24.9 Å². The first-order valence-corrected chi connectivity index (χ1v) is 4.73. The number of carbonyl (C=O) groups is 1. The number of hydrogen-bond acceptors (Lipinski definition) is 2. The predicted octanol–water partition coefficient (Wildman–Crippen LogP) is 1.57. The Bertz CT molecular complexity index is 165. The maximum absolute atomic E-state index is 9.45. The molecule has 0 radical (unpaired) electrons. The summed E-state index contributed by atoms with van der Waals surface area (Å²) in [4.78, 5) is 9.45. The summed E-state index contributed by atoms with van der Waals surface area (Å²) in [7, 11) is 0. The number of carboxylic acid groups (broad SMARTS) is 1. The van der Waals surface area contributed by atoms with Crippen molar-refractivity contribution in [1.82, 2.24) is 0 Å². The Hall–Kier alpha value is 0.0383. The minimum Gasteiger partial charge on any atom is -0.677 e. The van der Waals surface area contributed by atoms with Crippen molar-refractivity contribution in [1.29, 1.82) is 0 Å². The molecule has 0 heterocycles. The van der Waals surface area contributed by atoms with Gasteiger partial charge in [0, 0.05) is 0 Å². The van der Waals surface area contributed by atoms with Crippen LogP contribution in [0.3, 0.4) is 0 Å². The second-order valence-corrected chi connectivity index (χ2v) is 3.52. The van der Waals surface area contributed by atoms with E-state index < -0.39 is 12.1 Å². The maximum Gasteiger partial charge on any atom is 2.00 e. The first-order chi connectivity index (χ1) is 6.52. The van der Waals surface area contributed by atoms with Crippen LogP contribution in [-0.4, -0.2) is 35.4 Å². The van der Waals surface area contributed by atoms with E-state index in [2.05, 4.69) is 0 Å². The number of aliphatic carboxylic acids is 1. The second kappa shape index (κ2) is 9.28. The van der Waals surface area contributed by atoms with Gasteiger partial charge in [0.05, 0.1) is 0 Å². The van der Waals surface area contributed by atoms with E-state index in [0.717, 1.165) is 0 Å². The molecule has 0 amide bonds. The number of rotatable bonds is 3. The quantitative estimate of drug-likeness (QED) is 0.755. The van der Waals surface area contributed by atoms with Gasteiger partial charge < -0.3 is 21.7 Å². The fraction of sp³-hybridized carbons (Fsp3) is 0.889. The number of carboxylic acids is 1. The summed E-state index contributed by atoms with van der Waals surface area (Å²) < 4.78 is 0. The van der Waals surface area contributed by atoms with E-state index in [9.17, 15) is 4.79 Å². The summed E-state index contributed by atoms with van der Waals surface area (Å²) in [6.07, 6.45) is 1.17. The minimum atomic E-state index is -1.23. The Kier molecular flexibility index (Phi) is 10.8. The van der Waals surface area contributed by atoms with Crippen LogP contribution in [0, 0.1) is 11.8 Å². The van der Waals surface area contributed by atoms with Gasteiger partial charge in [-0.3, -0.25) is 0 Å². The van der Waals surface area contributed by atoms with Crippen molar-refractivity contribution in [2.24, 2.45) is 11.8 Å². The van der Waals surface area contributed by atoms with Gasteiger partial charge >= 0.3 is 27.0 Å². The third kappa shape index (κ3) is 7.01. The second-order valence-electron chi connectivity index (χ2n) is 3.52. The van der Waals surface area contributed by atoms with E-state index in [1.807, 2.05) is 0 Å². The number of hydrogen-bond donors (Lipinski definition) is 2. The molecule has 15 heavy (non-hydrogen) atoms. The molecule has 4 N–H and O–H groups in total. The monoisotopic (exact) mass is 397 g/mol. The van der Waals surface area contributed by atoms with Crippen LogP contribution in [0.15, 0.2) is 0 Å². The first kappa shape index (κ1) is 17.4. The van der Waals surface area contributed by atoms with Gasteiger partial charge in [0.25, 0.3) is 0 Å². The van der Waals surface area contributed by atoms with Crippen molar-refractivity contribution < 1.29 is 36.1 Å². The fourth-order valence-corrected chi connectivity index (χ4v) is 1.18. The van der Waals surface area contributed by atoms with Crippen molar-refractivity contribution in [3.63, 3.8) is 0 Å². The molecule has 1 fully saturated rings. The fourth-order valence-electron chi connectivity index (χ4n) is 1.18. The van der Waals surface area contributed by atoms with Crippen molar-refractivity contribution >= 4 is 5.97 Å². The summed E-state index contributed by atoms with van der Waals surface area (Å²) >= 11 is 0. The van der Waals surface area contributed by atoms with E-state index in [1.54, 1.807) is 0 Å². The topological polar surface area (TPSA) is 105 Å². The van der Waals surface area contributed by atoms with E-state index >= 15 is 0 Å². The van der Waals surface area contributed by atoms with Gasteiger partial charge in [0.2, 0.25) is 0 Å². The predicted molar refractivity (Wildman–Crippen MR) is 53.9 cm³/mol. The Labute approximate surface area is 104 Å². The summed E-state index contributed by atoms with van der Waals surface area (Å²) in [6.45, 7) is 2.29. The molecule has 0 aromatic rings. The Morgan fingerprint density at radius 1 is 1.33 bits per heavy atom. The van der Waals surface area contributed by atoms with Crippen LogP contribution in [-0.2, 0) is 25.9 Å². The smallest absolute Gasteiger partial charge is 0.677 e. The Morgan fingerprint density at radius 2 is 1.60 bits per heavy atom. The van der Waals surface area contributed by atoms with Gasteiger partial charge in [-0.15, -0.1) is 13.1 Å². The molecular formula is C9H18N2O3Pt. The Balaban J connectivity index is 0. The molecule has 0 aromatic heterocycles. The zero-order valence-electron chi connectivity index (χ0n) is 8.68. The van der Waals surface area contributed by atoms with Gasteiger partial charge in [-0.2, -0.15) is 0 Å². The molecular weight excluding hydrogens is 379 g/mol. The molecule has 0 bridgehead atoms. The summed E-state index contributed by atoms with van der Waals surface area (Å²) in [5, 5.41) is 15.8. The van der Waals surface area contributed by atoms with E-state index in [4.69, 9.17) is 21.7 Å². The van der Waals surface area contributed by atoms with Gasteiger partial charge in [0.1, 0.15) is 6.10 Å². The molecule has 0 aliphatic heterocycles. The largest absolute Gasteiger partial charge is 2.00 e. The van der Waals surface area contributed by atoms with Gasteiger partial charge in [-0.25, -0.2) is 4.79 Å². The summed E-state index contributed by atoms with van der Waals surface area (Å²) in [5.41, 5.74) is 14.0. The average molecular weight is 397 g/mol. The van der Waals surface area contributed by atoms with E-state index in [1.165, 1.54) is 19.8 Å². The zero-order chi connectivity index (χ0) is 11.1. The standard InChI is InChI=1S/C6H12N2.C3H6O3.Pt/c7-3-5-1-2-6(5)4-8;1-2(4)3(5)6;/h5-8H,1-4H2;2,4H,1H3,(H,5,6);/q-2;;+2/t;2-;/m.1./s1. The molecule has 1 aliphatic rings. The molecule has 5 nitrogen and oxygen atoms in total. The average Bonchev–Trinajstić information content (AvgIpc) is 2.05. The van der Waals surface area contributed by atoms with Crippen LogP contribution < -0.4 is 0 Å². The number of nitrogens with one attached hydrogen (secondary N) is 2. The SMILES string of the molecule is C[C@@H](O)C(=O)O.[NH-]CC1CCC1C[NH-].[Pt+2]. The summed E-state index contributed by atoms with van der Waals surface area (Å²) in [5.74, 6) is -0.0324. The molecule has 6 heteroatoms. The molecule has 2 unspecified atom stereocenters. The van der Waals surface area contributed by atoms with Crippen molar-refractivity contribution in [2.75, 3.05) is 13.1 Å². The van der Waals surface area contributed by atoms with Gasteiger partial charge in [0.15, 0.2) is 0 Å². The number of aliphatic hydroxyl groups excluding tert-OH is 1. The molecule has 3 atom stereocenters. The molecule has 92 valence electrons. The van der Waals surface area contributed by atoms with Crippen LogP contribution >= 0.6 is 0 Å². The van der Waals surface area contributed by atoms with Crippen molar-refractivity contribution in [2.45, 2.75) is 25.9 Å². The molecule has 0 saturated heterocycles. The van der Waals surface area contributed by atoms with E-state index in [-0.39, 0.29) is 21.1 Å². The van der Waals surface area contributed by atoms with Gasteiger partial charge in [-0.1, -0.05) is 24.7 Å². The van der Waals surface area contributed by atoms with Crippen LogP contribution in [0.2, 0.25) is 0 Å². The van der Waals surface area contributed by atoms with Crippen molar-refractivity contribution in [3.8, 4) is 0 Å². The third-order valence-electron chi connectivity index (χ3n) is 2.46. The van der Waals surface area contributed by atoms with Crippen LogP contribution in [0.1, 0.15) is 19.8 Å². The number of aliphatic hydroxyl groups is 1. The zero-order valence-corrected chi connectivity index (χ0v) is 11.0. The van der Waals surface area contributed by atoms with Crippen LogP contribution in [0.5, 0.6) is 0 Å². The maximum atomic E-state index is 9.45. The summed E-state index contributed by atoms with van der Waals surface area (Å²) in [6, 6.07) is 0. The molecule has 1 aliphatic carbocycles. The minimum absolute atomic E-state index is 0. The molecule has 0 spiro atoms. The van der Waals surface area contributed by atoms with Crippen LogP contribution in [0.4, 0.5) is 0 Å². The van der Waals surface area contributed by atoms with Crippen molar-refractivity contribution in [3.05, 3.63) is 11.5 Å². The molecule has 0 aromatic carbocycles. The molecule has 1 saturated carbocycles. The van der Waals surface area contributed by atoms with Crippen LogP contribution in [0.25, 0.3) is 11.5 Å².